The van der Waals surface area contributed by atoms with Gasteiger partial charge in [-0.3, -0.25) is 4.79 Å². The third-order valence-corrected chi connectivity index (χ3v) is 3.32. The topological polar surface area (TPSA) is 41.1 Å². The van der Waals surface area contributed by atoms with E-state index in [0.717, 1.165) is 37.2 Å². The van der Waals surface area contributed by atoms with Gasteiger partial charge in [0.2, 0.25) is 5.91 Å². The lowest BCUT2D eigenvalue weighted by molar-refractivity contribution is -0.120. The molecule has 1 aliphatic heterocycles. The molecule has 1 fully saturated rings. The van der Waals surface area contributed by atoms with Crippen LogP contribution >= 0.6 is 0 Å². The van der Waals surface area contributed by atoms with E-state index in [1.807, 2.05) is 26.0 Å². The van der Waals surface area contributed by atoms with Crippen molar-refractivity contribution in [2.24, 2.45) is 5.92 Å². The van der Waals surface area contributed by atoms with Crippen LogP contribution in [0.25, 0.3) is 0 Å². The lowest BCUT2D eigenvalue weighted by atomic mass is 9.98. The number of piperidine rings is 1. The first-order valence-corrected chi connectivity index (χ1v) is 6.25. The van der Waals surface area contributed by atoms with Gasteiger partial charge >= 0.3 is 0 Å². The van der Waals surface area contributed by atoms with E-state index in [1.165, 1.54) is 5.56 Å². The molecule has 1 heterocycles. The zero-order chi connectivity index (χ0) is 12.3. The van der Waals surface area contributed by atoms with Gasteiger partial charge in [-0.15, -0.1) is 0 Å². The molecular formula is C14H20N2O. The van der Waals surface area contributed by atoms with Crippen molar-refractivity contribution in [2.75, 3.05) is 18.4 Å². The first kappa shape index (κ1) is 12.1. The second-order valence-corrected chi connectivity index (χ2v) is 4.85. The number of carbonyl (C=O) groups is 1. The molecule has 1 atom stereocenters. The lowest BCUT2D eigenvalue weighted by Crippen LogP contribution is -2.37. The molecule has 0 bridgehead atoms. The molecule has 3 nitrogen and oxygen atoms in total. The van der Waals surface area contributed by atoms with Gasteiger partial charge in [0, 0.05) is 12.2 Å². The van der Waals surface area contributed by atoms with Crippen molar-refractivity contribution in [1.29, 1.82) is 0 Å². The first-order valence-electron chi connectivity index (χ1n) is 6.25. The van der Waals surface area contributed by atoms with E-state index < -0.39 is 0 Å². The summed E-state index contributed by atoms with van der Waals surface area (Å²) in [6.07, 6.45) is 2.08. The molecule has 1 aliphatic rings. The fraction of sp³-hybridized carbons (Fsp3) is 0.500. The number of hydrogen-bond donors (Lipinski definition) is 2. The monoisotopic (exact) mass is 232 g/mol. The zero-order valence-electron chi connectivity index (χ0n) is 10.5. The Labute approximate surface area is 103 Å². The largest absolute Gasteiger partial charge is 0.326 e. The summed E-state index contributed by atoms with van der Waals surface area (Å²) in [7, 11) is 0. The molecule has 2 N–H and O–H groups in total. The predicted molar refractivity (Wildman–Crippen MR) is 70.1 cm³/mol. The Kier molecular flexibility index (Phi) is 3.79. The van der Waals surface area contributed by atoms with Gasteiger partial charge in [-0.25, -0.2) is 0 Å². The van der Waals surface area contributed by atoms with Crippen LogP contribution in [0.2, 0.25) is 0 Å². The average Bonchev–Trinajstić information content (AvgIpc) is 2.35. The maximum atomic E-state index is 12.1. The summed E-state index contributed by atoms with van der Waals surface area (Å²) in [5.41, 5.74) is 3.24. The maximum Gasteiger partial charge on any atom is 0.228 e. The van der Waals surface area contributed by atoms with E-state index in [0.29, 0.717) is 0 Å². The molecule has 1 saturated heterocycles. The summed E-state index contributed by atoms with van der Waals surface area (Å²) in [6, 6.07) is 6.14. The minimum atomic E-state index is 0.115. The van der Waals surface area contributed by atoms with Crippen LogP contribution in [-0.4, -0.2) is 19.0 Å². The molecule has 0 aliphatic carbocycles. The Hall–Kier alpha value is -1.35. The predicted octanol–water partition coefficient (Wildman–Crippen LogP) is 2.24. The van der Waals surface area contributed by atoms with Gasteiger partial charge in [0.25, 0.3) is 0 Å². The van der Waals surface area contributed by atoms with Gasteiger partial charge < -0.3 is 10.6 Å². The fourth-order valence-corrected chi connectivity index (χ4v) is 2.18. The molecule has 92 valence electrons. The minimum Gasteiger partial charge on any atom is -0.326 e. The highest BCUT2D eigenvalue weighted by Gasteiger charge is 2.21. The molecule has 0 spiro atoms. The van der Waals surface area contributed by atoms with Gasteiger partial charge in [-0.05, 0) is 50.4 Å². The van der Waals surface area contributed by atoms with Crippen molar-refractivity contribution in [3.8, 4) is 0 Å². The summed E-state index contributed by atoms with van der Waals surface area (Å²) in [6.45, 7) is 5.90. The van der Waals surface area contributed by atoms with Crippen LogP contribution in [0.3, 0.4) is 0 Å². The SMILES string of the molecule is Cc1ccc(C)c(NC(=O)C2CCCNC2)c1. The standard InChI is InChI=1S/C14H20N2O/c1-10-5-6-11(2)13(8-10)16-14(17)12-4-3-7-15-9-12/h5-6,8,12,15H,3-4,7,9H2,1-2H3,(H,16,17). The highest BCUT2D eigenvalue weighted by atomic mass is 16.1. The molecule has 1 amide bonds. The second kappa shape index (κ2) is 5.32. The summed E-state index contributed by atoms with van der Waals surface area (Å²) < 4.78 is 0. The van der Waals surface area contributed by atoms with E-state index in [1.54, 1.807) is 0 Å². The van der Waals surface area contributed by atoms with Gasteiger partial charge in [0.1, 0.15) is 0 Å². The van der Waals surface area contributed by atoms with Gasteiger partial charge in [0.15, 0.2) is 0 Å². The van der Waals surface area contributed by atoms with Crippen LogP contribution in [0.15, 0.2) is 18.2 Å². The van der Waals surface area contributed by atoms with Crippen LogP contribution in [0.5, 0.6) is 0 Å². The minimum absolute atomic E-state index is 0.115. The molecule has 17 heavy (non-hydrogen) atoms. The molecule has 0 saturated carbocycles. The summed E-state index contributed by atoms with van der Waals surface area (Å²) in [5, 5.41) is 6.31. The van der Waals surface area contributed by atoms with Crippen molar-refractivity contribution in [3.05, 3.63) is 29.3 Å². The highest BCUT2D eigenvalue weighted by molar-refractivity contribution is 5.93. The summed E-state index contributed by atoms with van der Waals surface area (Å²) in [5.74, 6) is 0.259. The molecule has 1 aromatic carbocycles. The van der Waals surface area contributed by atoms with E-state index in [-0.39, 0.29) is 11.8 Å². The third-order valence-electron chi connectivity index (χ3n) is 3.32. The van der Waals surface area contributed by atoms with E-state index in [4.69, 9.17) is 0 Å². The van der Waals surface area contributed by atoms with Crippen molar-refractivity contribution < 1.29 is 4.79 Å². The second-order valence-electron chi connectivity index (χ2n) is 4.85. The molecule has 3 heteroatoms. The molecule has 0 aromatic heterocycles. The number of benzene rings is 1. The molecular weight excluding hydrogens is 212 g/mol. The number of rotatable bonds is 2. The smallest absolute Gasteiger partial charge is 0.228 e. The fourth-order valence-electron chi connectivity index (χ4n) is 2.18. The number of amides is 1. The Balaban J connectivity index is 2.04. The summed E-state index contributed by atoms with van der Waals surface area (Å²) >= 11 is 0. The van der Waals surface area contributed by atoms with Crippen molar-refractivity contribution in [3.63, 3.8) is 0 Å². The Morgan fingerprint density at radius 1 is 1.41 bits per heavy atom. The Morgan fingerprint density at radius 2 is 2.24 bits per heavy atom. The number of carbonyl (C=O) groups excluding carboxylic acids is 1. The first-order chi connectivity index (χ1) is 8.16. The zero-order valence-corrected chi connectivity index (χ0v) is 10.5. The van der Waals surface area contributed by atoms with Gasteiger partial charge in [-0.1, -0.05) is 12.1 Å². The molecule has 2 rings (SSSR count). The van der Waals surface area contributed by atoms with E-state index in [9.17, 15) is 4.79 Å². The Bertz CT molecular complexity index is 409. The number of aryl methyl sites for hydroxylation is 2. The highest BCUT2D eigenvalue weighted by Crippen LogP contribution is 2.19. The quantitative estimate of drug-likeness (QED) is 0.821. The van der Waals surface area contributed by atoms with Crippen LogP contribution in [0, 0.1) is 19.8 Å². The maximum absolute atomic E-state index is 12.1. The average molecular weight is 232 g/mol. The van der Waals surface area contributed by atoms with Crippen molar-refractivity contribution in [2.45, 2.75) is 26.7 Å². The normalized spacial score (nSPS) is 20.0. The van der Waals surface area contributed by atoms with E-state index >= 15 is 0 Å². The van der Waals surface area contributed by atoms with Crippen LogP contribution in [0.1, 0.15) is 24.0 Å². The molecule has 1 unspecified atom stereocenters. The molecule has 0 radical (unpaired) electrons. The number of anilines is 1. The van der Waals surface area contributed by atoms with Gasteiger partial charge in [0.05, 0.1) is 5.92 Å². The number of nitrogens with one attached hydrogen (secondary N) is 2. The Morgan fingerprint density at radius 3 is 2.94 bits per heavy atom. The van der Waals surface area contributed by atoms with E-state index in [2.05, 4.69) is 16.7 Å². The van der Waals surface area contributed by atoms with Gasteiger partial charge in [-0.2, -0.15) is 0 Å². The lowest BCUT2D eigenvalue weighted by Gasteiger charge is -2.22. The van der Waals surface area contributed by atoms with Crippen LogP contribution in [0.4, 0.5) is 5.69 Å². The van der Waals surface area contributed by atoms with Crippen molar-refractivity contribution in [1.82, 2.24) is 5.32 Å². The summed E-state index contributed by atoms with van der Waals surface area (Å²) in [4.78, 5) is 12.1. The van der Waals surface area contributed by atoms with Crippen LogP contribution < -0.4 is 10.6 Å². The third kappa shape index (κ3) is 3.07. The van der Waals surface area contributed by atoms with Crippen molar-refractivity contribution >= 4 is 11.6 Å². The number of hydrogen-bond acceptors (Lipinski definition) is 2. The molecule has 1 aromatic rings. The van der Waals surface area contributed by atoms with Crippen LogP contribution in [-0.2, 0) is 4.79 Å².